The van der Waals surface area contributed by atoms with Crippen LogP contribution < -0.4 is 0 Å². The van der Waals surface area contributed by atoms with Gasteiger partial charge in [0.25, 0.3) is 0 Å². The van der Waals surface area contributed by atoms with Crippen molar-refractivity contribution in [2.75, 3.05) is 0 Å². The number of piperidine rings is 2. The van der Waals surface area contributed by atoms with Crippen molar-refractivity contribution in [3.63, 3.8) is 0 Å². The van der Waals surface area contributed by atoms with Gasteiger partial charge < -0.3 is 15.0 Å². The van der Waals surface area contributed by atoms with Gasteiger partial charge in [0.15, 0.2) is 0 Å². The molecule has 3 fully saturated rings. The maximum absolute atomic E-state index is 13.1. The summed E-state index contributed by atoms with van der Waals surface area (Å²) in [6.07, 6.45) is 3.57. The van der Waals surface area contributed by atoms with Crippen LogP contribution in [0.2, 0.25) is 5.02 Å². The Morgan fingerprint density at radius 2 is 2.15 bits per heavy atom. The number of aromatic nitrogens is 1. The zero-order chi connectivity index (χ0) is 18.6. The second-order valence-corrected chi connectivity index (χ2v) is 8.69. The Labute approximate surface area is 159 Å². The molecule has 1 aromatic heterocycles. The number of hydrogen-bond acceptors (Lipinski definition) is 2. The molecule has 3 aliphatic rings. The average molecular weight is 375 g/mol. The van der Waals surface area contributed by atoms with Gasteiger partial charge in [0.1, 0.15) is 0 Å². The molecule has 2 N–H and O–H groups in total. The van der Waals surface area contributed by atoms with Gasteiger partial charge in [-0.1, -0.05) is 31.5 Å². The third-order valence-electron chi connectivity index (χ3n) is 6.38. The largest absolute Gasteiger partial charge is 0.390 e. The first-order valence-electron chi connectivity index (χ1n) is 9.63. The molecule has 5 rings (SSSR count). The molecule has 1 amide bonds. The molecule has 140 valence electrons. The molecule has 2 aliphatic heterocycles. The zero-order valence-electron chi connectivity index (χ0n) is 15.7. The molecule has 26 heavy (non-hydrogen) atoms. The number of fused-ring (bicyclic) bond motifs is 3. The number of hydrogen-bond donors (Lipinski definition) is 2. The normalized spacial score (nSPS) is 28.9. The molecule has 5 heteroatoms. The number of aromatic amines is 1. The van der Waals surface area contributed by atoms with Gasteiger partial charge in [0.05, 0.1) is 10.6 Å². The Balaban J connectivity index is 1.58. The molecular weight excluding hydrogens is 348 g/mol. The van der Waals surface area contributed by atoms with Crippen LogP contribution in [0.5, 0.6) is 0 Å². The maximum Gasteiger partial charge on any atom is 0.223 e. The van der Waals surface area contributed by atoms with E-state index in [1.165, 1.54) is 0 Å². The lowest BCUT2D eigenvalue weighted by molar-refractivity contribution is -0.178. The van der Waals surface area contributed by atoms with E-state index in [1.54, 1.807) is 0 Å². The Bertz CT molecular complexity index is 853. The standard InChI is InChI=1S/C21H27ClN2O2/c1-4-14-9-21(26)10-15(11-21)24(14)18(25)8-12(2)19-13(3)23-17-7-5-6-16(22)20(17)19/h5-7,12,14-15,23,26H,4,8-11H2,1-3H3. The van der Waals surface area contributed by atoms with Crippen LogP contribution in [0.25, 0.3) is 10.9 Å². The van der Waals surface area contributed by atoms with Crippen LogP contribution in [0.3, 0.4) is 0 Å². The first-order chi connectivity index (χ1) is 12.3. The number of carbonyl (C=O) groups is 1. The van der Waals surface area contributed by atoms with E-state index >= 15 is 0 Å². The van der Waals surface area contributed by atoms with Gasteiger partial charge in [-0.3, -0.25) is 4.79 Å². The third-order valence-corrected chi connectivity index (χ3v) is 6.69. The van der Waals surface area contributed by atoms with E-state index in [0.29, 0.717) is 6.42 Å². The average Bonchev–Trinajstić information content (AvgIpc) is 2.90. The lowest BCUT2D eigenvalue weighted by Gasteiger charge is -2.58. The van der Waals surface area contributed by atoms with Gasteiger partial charge in [-0.05, 0) is 56.2 Å². The van der Waals surface area contributed by atoms with E-state index in [4.69, 9.17) is 11.6 Å². The summed E-state index contributed by atoms with van der Waals surface area (Å²) in [5.41, 5.74) is 2.73. The Morgan fingerprint density at radius 3 is 2.85 bits per heavy atom. The second-order valence-electron chi connectivity index (χ2n) is 8.28. The molecule has 0 spiro atoms. The van der Waals surface area contributed by atoms with Crippen LogP contribution >= 0.6 is 11.6 Å². The molecular formula is C21H27ClN2O2. The van der Waals surface area contributed by atoms with E-state index in [1.807, 2.05) is 18.2 Å². The van der Waals surface area contributed by atoms with Gasteiger partial charge in [0, 0.05) is 35.1 Å². The van der Waals surface area contributed by atoms with Crippen molar-refractivity contribution in [1.29, 1.82) is 0 Å². The Kier molecular flexibility index (Phi) is 4.31. The summed E-state index contributed by atoms with van der Waals surface area (Å²) in [7, 11) is 0. The van der Waals surface area contributed by atoms with E-state index in [-0.39, 0.29) is 23.9 Å². The first-order valence-corrected chi connectivity index (χ1v) is 10.0. The fourth-order valence-corrected chi connectivity index (χ4v) is 5.48. The van der Waals surface area contributed by atoms with Crippen LogP contribution in [-0.4, -0.2) is 38.6 Å². The summed E-state index contributed by atoms with van der Waals surface area (Å²) in [5, 5.41) is 12.2. The number of rotatable bonds is 4. The summed E-state index contributed by atoms with van der Waals surface area (Å²) in [6, 6.07) is 6.25. The Morgan fingerprint density at radius 1 is 1.42 bits per heavy atom. The van der Waals surface area contributed by atoms with E-state index in [9.17, 15) is 9.90 Å². The molecule has 2 aromatic rings. The van der Waals surface area contributed by atoms with Gasteiger partial charge in [-0.2, -0.15) is 0 Å². The van der Waals surface area contributed by atoms with Crippen LogP contribution in [0.4, 0.5) is 0 Å². The Hall–Kier alpha value is -1.52. The molecule has 2 bridgehead atoms. The van der Waals surface area contributed by atoms with Gasteiger partial charge in [0.2, 0.25) is 5.91 Å². The SMILES string of the molecule is CCC1CC2(O)CC(C2)N1C(=O)CC(C)c1c(C)[nH]c2cccc(Cl)c12. The topological polar surface area (TPSA) is 56.3 Å². The number of benzene rings is 1. The number of aryl methyl sites for hydroxylation is 1. The second kappa shape index (κ2) is 6.28. The molecule has 1 saturated carbocycles. The van der Waals surface area contributed by atoms with Crippen molar-refractivity contribution >= 4 is 28.4 Å². The van der Waals surface area contributed by atoms with Crippen LogP contribution in [0, 0.1) is 6.92 Å². The summed E-state index contributed by atoms with van der Waals surface area (Å²) in [4.78, 5) is 18.6. The number of amides is 1. The number of carbonyl (C=O) groups excluding carboxylic acids is 1. The van der Waals surface area contributed by atoms with Crippen molar-refractivity contribution in [2.45, 2.75) is 76.5 Å². The van der Waals surface area contributed by atoms with Gasteiger partial charge >= 0.3 is 0 Å². The predicted molar refractivity (Wildman–Crippen MR) is 105 cm³/mol. The highest BCUT2D eigenvalue weighted by Crippen LogP contribution is 2.47. The third kappa shape index (κ3) is 2.74. The van der Waals surface area contributed by atoms with E-state index in [2.05, 4.69) is 30.7 Å². The number of nitrogens with one attached hydrogen (secondary N) is 1. The summed E-state index contributed by atoms with van der Waals surface area (Å²) in [5.74, 6) is 0.298. The quantitative estimate of drug-likeness (QED) is 0.826. The summed E-state index contributed by atoms with van der Waals surface area (Å²) in [6.45, 7) is 6.26. The van der Waals surface area contributed by atoms with Crippen molar-refractivity contribution in [3.8, 4) is 0 Å². The van der Waals surface area contributed by atoms with E-state index in [0.717, 1.165) is 52.9 Å². The number of nitrogens with zero attached hydrogens (tertiary/aromatic N) is 1. The smallest absolute Gasteiger partial charge is 0.223 e. The first kappa shape index (κ1) is 17.9. The fraction of sp³-hybridized carbons (Fsp3) is 0.571. The molecule has 2 unspecified atom stereocenters. The lowest BCUT2D eigenvalue weighted by atomic mass is 9.66. The highest BCUT2D eigenvalue weighted by molar-refractivity contribution is 6.35. The monoisotopic (exact) mass is 374 g/mol. The molecule has 3 heterocycles. The van der Waals surface area contributed by atoms with Gasteiger partial charge in [-0.25, -0.2) is 0 Å². The van der Waals surface area contributed by atoms with Crippen molar-refractivity contribution in [3.05, 3.63) is 34.5 Å². The summed E-state index contributed by atoms with van der Waals surface area (Å²) >= 11 is 6.45. The van der Waals surface area contributed by atoms with Gasteiger partial charge in [-0.15, -0.1) is 0 Å². The molecule has 4 nitrogen and oxygen atoms in total. The van der Waals surface area contributed by atoms with Crippen molar-refractivity contribution in [2.24, 2.45) is 0 Å². The predicted octanol–water partition coefficient (Wildman–Crippen LogP) is 4.53. The minimum absolute atomic E-state index is 0.0922. The number of halogens is 1. The van der Waals surface area contributed by atoms with E-state index < -0.39 is 5.60 Å². The maximum atomic E-state index is 13.1. The van der Waals surface area contributed by atoms with Crippen molar-refractivity contribution < 1.29 is 9.90 Å². The van der Waals surface area contributed by atoms with Crippen molar-refractivity contribution in [1.82, 2.24) is 9.88 Å². The molecule has 1 aromatic carbocycles. The molecule has 2 saturated heterocycles. The van der Waals surface area contributed by atoms with Crippen LogP contribution in [0.1, 0.15) is 63.1 Å². The molecule has 2 atom stereocenters. The molecule has 0 radical (unpaired) electrons. The minimum atomic E-state index is -0.519. The molecule has 1 aliphatic carbocycles. The fourth-order valence-electron chi connectivity index (χ4n) is 5.21. The zero-order valence-corrected chi connectivity index (χ0v) is 16.4. The van der Waals surface area contributed by atoms with Crippen LogP contribution in [-0.2, 0) is 4.79 Å². The highest BCUT2D eigenvalue weighted by atomic mass is 35.5. The number of H-pyrrole nitrogens is 1. The summed E-state index contributed by atoms with van der Waals surface area (Å²) < 4.78 is 0. The lowest BCUT2D eigenvalue weighted by Crippen LogP contribution is -2.67. The highest BCUT2D eigenvalue weighted by Gasteiger charge is 2.54. The number of aliphatic hydroxyl groups is 1. The van der Waals surface area contributed by atoms with Crippen LogP contribution in [0.15, 0.2) is 18.2 Å². The minimum Gasteiger partial charge on any atom is -0.390 e.